The highest BCUT2D eigenvalue weighted by molar-refractivity contribution is 5.55. The maximum Gasteiger partial charge on any atom is 0.266 e. The van der Waals surface area contributed by atoms with Crippen LogP contribution >= 0.6 is 0 Å². The molecule has 0 amide bonds. The van der Waals surface area contributed by atoms with E-state index in [0.717, 1.165) is 6.07 Å². The Labute approximate surface area is 116 Å². The van der Waals surface area contributed by atoms with E-state index in [2.05, 4.69) is 16.9 Å². The second-order valence-electron chi connectivity index (χ2n) is 4.57. The van der Waals surface area contributed by atoms with Crippen LogP contribution in [-0.2, 0) is 0 Å². The van der Waals surface area contributed by atoms with Crippen LogP contribution in [0.1, 0.15) is 30.5 Å². The molecule has 20 heavy (non-hydrogen) atoms. The van der Waals surface area contributed by atoms with Crippen molar-refractivity contribution in [2.75, 3.05) is 14.1 Å². The van der Waals surface area contributed by atoms with Crippen molar-refractivity contribution < 1.29 is 13.2 Å². The lowest BCUT2D eigenvalue weighted by atomic mass is 10.0. The number of alkyl halides is 2. The molecule has 1 aromatic carbocycles. The average molecular weight is 285 g/mol. The van der Waals surface area contributed by atoms with Gasteiger partial charge in [0.25, 0.3) is 6.43 Å². The molecular formula is C14H18F3N3. The van der Waals surface area contributed by atoms with Gasteiger partial charge in [-0.05, 0) is 6.92 Å². The molecule has 0 heterocycles. The van der Waals surface area contributed by atoms with E-state index in [4.69, 9.17) is 0 Å². The normalized spacial score (nSPS) is 12.8. The van der Waals surface area contributed by atoms with Crippen molar-refractivity contribution in [2.24, 2.45) is 4.99 Å². The van der Waals surface area contributed by atoms with Gasteiger partial charge in [0, 0.05) is 19.7 Å². The summed E-state index contributed by atoms with van der Waals surface area (Å²) in [5.74, 6) is -0.570. The van der Waals surface area contributed by atoms with E-state index in [1.807, 2.05) is 0 Å². The van der Waals surface area contributed by atoms with Gasteiger partial charge in [0.15, 0.2) is 0 Å². The zero-order chi connectivity index (χ0) is 15.3. The summed E-state index contributed by atoms with van der Waals surface area (Å²) in [6.07, 6.45) is -1.30. The third kappa shape index (κ3) is 4.29. The number of nitrogens with one attached hydrogen (secondary N) is 1. The summed E-state index contributed by atoms with van der Waals surface area (Å²) in [5, 5.41) is 2.85. The molecule has 0 bridgehead atoms. The van der Waals surface area contributed by atoms with Crippen LogP contribution in [0.4, 0.5) is 13.2 Å². The van der Waals surface area contributed by atoms with Crippen molar-refractivity contribution >= 4 is 6.34 Å². The lowest BCUT2D eigenvalue weighted by molar-refractivity contribution is 0.146. The molecule has 1 rings (SSSR count). The first kappa shape index (κ1) is 16.1. The molecule has 0 radical (unpaired) electrons. The number of hydrogen-bond acceptors (Lipinski definition) is 2. The van der Waals surface area contributed by atoms with Gasteiger partial charge >= 0.3 is 0 Å². The van der Waals surface area contributed by atoms with Gasteiger partial charge in [0.2, 0.25) is 0 Å². The van der Waals surface area contributed by atoms with E-state index < -0.39 is 23.8 Å². The average Bonchev–Trinajstić information content (AvgIpc) is 2.36. The number of nitrogens with zero attached hydrogens (tertiary/aromatic N) is 2. The Morgan fingerprint density at radius 2 is 1.95 bits per heavy atom. The van der Waals surface area contributed by atoms with Crippen LogP contribution in [0.15, 0.2) is 35.6 Å². The molecule has 1 N–H and O–H groups in total. The minimum Gasteiger partial charge on any atom is -0.369 e. The first-order chi connectivity index (χ1) is 9.32. The van der Waals surface area contributed by atoms with Gasteiger partial charge in [0.1, 0.15) is 11.6 Å². The topological polar surface area (TPSA) is 27.6 Å². The molecule has 6 heteroatoms. The van der Waals surface area contributed by atoms with E-state index in [1.165, 1.54) is 18.5 Å². The van der Waals surface area contributed by atoms with Crippen molar-refractivity contribution in [3.05, 3.63) is 47.5 Å². The van der Waals surface area contributed by atoms with Crippen molar-refractivity contribution in [1.82, 2.24) is 10.2 Å². The Kier molecular flexibility index (Phi) is 5.61. The Bertz CT molecular complexity index is 498. The van der Waals surface area contributed by atoms with Crippen LogP contribution in [0, 0.1) is 5.82 Å². The lowest BCUT2D eigenvalue weighted by Gasteiger charge is -2.17. The highest BCUT2D eigenvalue weighted by Gasteiger charge is 2.19. The van der Waals surface area contributed by atoms with Gasteiger partial charge in [-0.25, -0.2) is 18.2 Å². The largest absolute Gasteiger partial charge is 0.369 e. The molecule has 0 spiro atoms. The molecule has 0 unspecified atom stereocenters. The molecule has 0 saturated carbocycles. The van der Waals surface area contributed by atoms with Crippen LogP contribution in [0.2, 0.25) is 0 Å². The Morgan fingerprint density at radius 1 is 1.35 bits per heavy atom. The second-order valence-corrected chi connectivity index (χ2v) is 4.57. The predicted octanol–water partition coefficient (Wildman–Crippen LogP) is 3.48. The van der Waals surface area contributed by atoms with E-state index in [1.54, 1.807) is 25.9 Å². The van der Waals surface area contributed by atoms with E-state index >= 15 is 0 Å². The Morgan fingerprint density at radius 3 is 2.50 bits per heavy atom. The van der Waals surface area contributed by atoms with Gasteiger partial charge < -0.3 is 10.2 Å². The third-order valence-corrected chi connectivity index (χ3v) is 2.59. The van der Waals surface area contributed by atoms with E-state index in [0.29, 0.717) is 5.82 Å². The summed E-state index contributed by atoms with van der Waals surface area (Å²) < 4.78 is 39.2. The Hall–Kier alpha value is -1.98. The Balaban J connectivity index is 2.85. The molecule has 0 aliphatic carbocycles. The van der Waals surface area contributed by atoms with Crippen LogP contribution in [-0.4, -0.2) is 25.3 Å². The molecule has 1 aromatic rings. The fourth-order valence-electron chi connectivity index (χ4n) is 1.62. The highest BCUT2D eigenvalue weighted by atomic mass is 19.3. The number of benzene rings is 1. The van der Waals surface area contributed by atoms with Crippen LogP contribution in [0.25, 0.3) is 0 Å². The summed E-state index contributed by atoms with van der Waals surface area (Å²) in [6, 6.07) is 3.43. The van der Waals surface area contributed by atoms with Crippen molar-refractivity contribution in [2.45, 2.75) is 19.4 Å². The fourth-order valence-corrected chi connectivity index (χ4v) is 1.62. The van der Waals surface area contributed by atoms with Crippen LogP contribution < -0.4 is 5.32 Å². The van der Waals surface area contributed by atoms with Crippen molar-refractivity contribution in [3.63, 3.8) is 0 Å². The minimum atomic E-state index is -2.84. The van der Waals surface area contributed by atoms with Gasteiger partial charge in [-0.3, -0.25) is 0 Å². The summed E-state index contributed by atoms with van der Waals surface area (Å²) in [6.45, 7) is 5.33. The zero-order valence-electron chi connectivity index (χ0n) is 11.7. The van der Waals surface area contributed by atoms with Gasteiger partial charge in [-0.1, -0.05) is 24.8 Å². The molecule has 0 aliphatic heterocycles. The zero-order valence-corrected chi connectivity index (χ0v) is 11.7. The van der Waals surface area contributed by atoms with Gasteiger partial charge in [-0.15, -0.1) is 0 Å². The number of rotatable bonds is 6. The summed E-state index contributed by atoms with van der Waals surface area (Å²) in [7, 11) is 3.60. The van der Waals surface area contributed by atoms with Gasteiger partial charge in [-0.2, -0.15) is 0 Å². The van der Waals surface area contributed by atoms with Gasteiger partial charge in [0.05, 0.1) is 17.9 Å². The molecule has 3 nitrogen and oxygen atoms in total. The standard InChI is InChI=1S/C14H18F3N3/c1-9(19-10(2)18-8-20(3)4)11-6-5-7-12(13(11)15)14(16)17/h5-9,14,19H,2H2,1,3-4H3/b18-8-/t9-/m1/s1. The molecule has 110 valence electrons. The maximum absolute atomic E-state index is 13.9. The smallest absolute Gasteiger partial charge is 0.266 e. The number of halogens is 3. The third-order valence-electron chi connectivity index (χ3n) is 2.59. The molecule has 0 aromatic heterocycles. The molecule has 0 saturated heterocycles. The summed E-state index contributed by atoms with van der Waals surface area (Å²) in [4.78, 5) is 5.72. The SMILES string of the molecule is C=C(/N=C\N(C)C)N[C@H](C)c1cccc(C(F)F)c1F. The number of aliphatic imine (C=N–C) groups is 1. The summed E-state index contributed by atoms with van der Waals surface area (Å²) >= 11 is 0. The molecule has 0 aliphatic rings. The van der Waals surface area contributed by atoms with Crippen molar-refractivity contribution in [1.29, 1.82) is 0 Å². The van der Waals surface area contributed by atoms with E-state index in [-0.39, 0.29) is 5.56 Å². The molecule has 1 atom stereocenters. The second kappa shape index (κ2) is 6.98. The monoisotopic (exact) mass is 285 g/mol. The first-order valence-corrected chi connectivity index (χ1v) is 6.05. The fraction of sp³-hybridized carbons (Fsp3) is 0.357. The van der Waals surface area contributed by atoms with Crippen LogP contribution in [0.3, 0.4) is 0 Å². The highest BCUT2D eigenvalue weighted by Crippen LogP contribution is 2.27. The van der Waals surface area contributed by atoms with Crippen molar-refractivity contribution in [3.8, 4) is 0 Å². The van der Waals surface area contributed by atoms with Crippen LogP contribution in [0.5, 0.6) is 0 Å². The maximum atomic E-state index is 13.9. The molecular weight excluding hydrogens is 267 g/mol. The van der Waals surface area contributed by atoms with E-state index in [9.17, 15) is 13.2 Å². The quantitative estimate of drug-likeness (QED) is 0.640. The lowest BCUT2D eigenvalue weighted by Crippen LogP contribution is -2.19. The number of hydrogen-bond donors (Lipinski definition) is 1. The molecule has 0 fully saturated rings. The minimum absolute atomic E-state index is 0.156. The first-order valence-electron chi connectivity index (χ1n) is 6.05. The summed E-state index contributed by atoms with van der Waals surface area (Å²) in [5.41, 5.74) is -0.442. The predicted molar refractivity (Wildman–Crippen MR) is 74.2 cm³/mol.